The number of aliphatic hydroxyl groups excluding tert-OH is 1. The van der Waals surface area contributed by atoms with Gasteiger partial charge in [-0.25, -0.2) is 9.59 Å². The minimum Gasteiger partial charge on any atom is -0.444 e. The van der Waals surface area contributed by atoms with E-state index in [2.05, 4.69) is 5.32 Å². The summed E-state index contributed by atoms with van der Waals surface area (Å²) in [5, 5.41) is 12.4. The van der Waals surface area contributed by atoms with Gasteiger partial charge in [0.1, 0.15) is 5.60 Å². The summed E-state index contributed by atoms with van der Waals surface area (Å²) in [7, 11) is 0. The molecule has 0 radical (unpaired) electrons. The summed E-state index contributed by atoms with van der Waals surface area (Å²) in [6, 6.07) is 8.37. The molecule has 0 aromatic heterocycles. The fraction of sp³-hybridized carbons (Fsp3) is 0.529. The van der Waals surface area contributed by atoms with Crippen LogP contribution in [0.4, 0.5) is 15.3 Å². The number of rotatable bonds is 2. The molecule has 0 spiro atoms. The van der Waals surface area contributed by atoms with Crippen molar-refractivity contribution in [2.24, 2.45) is 0 Å². The number of carbonyl (C=O) groups excluding carboxylic acids is 2. The first kappa shape index (κ1) is 18.1. The Balaban J connectivity index is 1.97. The van der Waals surface area contributed by atoms with E-state index >= 15 is 0 Å². The maximum atomic E-state index is 12.4. The Bertz CT molecular complexity index is 571. The molecule has 1 heterocycles. The van der Waals surface area contributed by atoms with Gasteiger partial charge in [0.05, 0.1) is 12.6 Å². The first-order valence-electron chi connectivity index (χ1n) is 8.01. The largest absolute Gasteiger partial charge is 0.444 e. The summed E-state index contributed by atoms with van der Waals surface area (Å²) in [5.74, 6) is 0. The number of anilines is 1. The monoisotopic (exact) mass is 335 g/mol. The van der Waals surface area contributed by atoms with E-state index in [1.165, 1.54) is 4.90 Å². The van der Waals surface area contributed by atoms with Gasteiger partial charge in [0.15, 0.2) is 0 Å². The van der Waals surface area contributed by atoms with E-state index in [1.807, 2.05) is 18.2 Å². The van der Waals surface area contributed by atoms with Gasteiger partial charge < -0.3 is 25.0 Å². The molecule has 0 saturated carbocycles. The van der Waals surface area contributed by atoms with Crippen LogP contribution in [0.2, 0.25) is 0 Å². The number of aliphatic hydroxyl groups is 1. The molecule has 2 N–H and O–H groups in total. The number of nitrogens with one attached hydrogen (secondary N) is 1. The lowest BCUT2D eigenvalue weighted by Gasteiger charge is -2.40. The Morgan fingerprint density at radius 1 is 1.25 bits per heavy atom. The number of nitrogens with zero attached hydrogens (tertiary/aromatic N) is 2. The van der Waals surface area contributed by atoms with Crippen LogP contribution in [0.25, 0.3) is 0 Å². The highest BCUT2D eigenvalue weighted by Crippen LogP contribution is 2.16. The Labute approximate surface area is 142 Å². The van der Waals surface area contributed by atoms with Crippen LogP contribution in [0.1, 0.15) is 20.8 Å². The quantitative estimate of drug-likeness (QED) is 0.867. The lowest BCUT2D eigenvalue weighted by Crippen LogP contribution is -2.59. The van der Waals surface area contributed by atoms with Crippen LogP contribution in [-0.2, 0) is 4.74 Å². The van der Waals surface area contributed by atoms with Gasteiger partial charge >= 0.3 is 12.1 Å². The average Bonchev–Trinajstić information content (AvgIpc) is 2.53. The molecule has 1 aromatic carbocycles. The molecule has 0 bridgehead atoms. The maximum Gasteiger partial charge on any atom is 0.410 e. The average molecular weight is 335 g/mol. The predicted octanol–water partition coefficient (Wildman–Crippen LogP) is 2.13. The Hall–Kier alpha value is -2.28. The summed E-state index contributed by atoms with van der Waals surface area (Å²) < 4.78 is 5.35. The zero-order chi connectivity index (χ0) is 17.7. The van der Waals surface area contributed by atoms with E-state index in [4.69, 9.17) is 4.74 Å². The minimum absolute atomic E-state index is 0.221. The lowest BCUT2D eigenvalue weighted by molar-refractivity contribution is 0.00416. The molecular weight excluding hydrogens is 310 g/mol. The van der Waals surface area contributed by atoms with Crippen molar-refractivity contribution in [3.05, 3.63) is 30.3 Å². The molecule has 0 aliphatic carbocycles. The van der Waals surface area contributed by atoms with Gasteiger partial charge in [-0.15, -0.1) is 0 Å². The smallest absolute Gasteiger partial charge is 0.410 e. The van der Waals surface area contributed by atoms with Crippen molar-refractivity contribution in [1.82, 2.24) is 9.80 Å². The number of hydrogen-bond acceptors (Lipinski definition) is 4. The van der Waals surface area contributed by atoms with Crippen LogP contribution >= 0.6 is 0 Å². The molecule has 1 fully saturated rings. The van der Waals surface area contributed by atoms with Gasteiger partial charge in [-0.2, -0.15) is 0 Å². The zero-order valence-electron chi connectivity index (χ0n) is 14.4. The molecule has 132 valence electrons. The molecule has 1 saturated heterocycles. The van der Waals surface area contributed by atoms with Crippen molar-refractivity contribution < 1.29 is 19.4 Å². The van der Waals surface area contributed by atoms with Crippen LogP contribution < -0.4 is 5.32 Å². The summed E-state index contributed by atoms with van der Waals surface area (Å²) in [6.07, 6.45) is -0.427. The van der Waals surface area contributed by atoms with Gasteiger partial charge in [0, 0.05) is 25.3 Å². The third-order valence-corrected chi connectivity index (χ3v) is 3.63. The molecular formula is C17H25N3O4. The third kappa shape index (κ3) is 4.86. The highest BCUT2D eigenvalue weighted by Gasteiger charge is 2.34. The molecule has 1 atom stereocenters. The Morgan fingerprint density at radius 3 is 2.50 bits per heavy atom. The van der Waals surface area contributed by atoms with Crippen LogP contribution in [0.3, 0.4) is 0 Å². The predicted molar refractivity (Wildman–Crippen MR) is 90.8 cm³/mol. The van der Waals surface area contributed by atoms with Crippen LogP contribution in [0, 0.1) is 0 Å². The summed E-state index contributed by atoms with van der Waals surface area (Å²) in [6.45, 7) is 6.14. The van der Waals surface area contributed by atoms with E-state index in [1.54, 1.807) is 37.8 Å². The fourth-order valence-corrected chi connectivity index (χ4v) is 2.49. The third-order valence-electron chi connectivity index (χ3n) is 3.63. The molecule has 1 aliphatic rings. The van der Waals surface area contributed by atoms with E-state index in [9.17, 15) is 14.7 Å². The van der Waals surface area contributed by atoms with Crippen molar-refractivity contribution in [1.29, 1.82) is 0 Å². The number of piperazine rings is 1. The number of para-hydroxylation sites is 1. The van der Waals surface area contributed by atoms with E-state index in [0.717, 1.165) is 0 Å². The highest BCUT2D eigenvalue weighted by atomic mass is 16.6. The van der Waals surface area contributed by atoms with Gasteiger partial charge in [-0.05, 0) is 32.9 Å². The second kappa shape index (κ2) is 7.53. The van der Waals surface area contributed by atoms with Gasteiger partial charge in [0.2, 0.25) is 0 Å². The standard InChI is InChI=1S/C17H25N3O4/c1-17(2,3)24-16(23)19-9-10-20(14(11-19)12-21)15(22)18-13-7-5-4-6-8-13/h4-8,14,21H,9-12H2,1-3H3,(H,18,22). The molecule has 1 unspecified atom stereocenters. The van der Waals surface area contributed by atoms with Crippen molar-refractivity contribution in [3.63, 3.8) is 0 Å². The van der Waals surface area contributed by atoms with Crippen molar-refractivity contribution >= 4 is 17.8 Å². The Morgan fingerprint density at radius 2 is 1.92 bits per heavy atom. The van der Waals surface area contributed by atoms with Crippen molar-refractivity contribution in [2.75, 3.05) is 31.6 Å². The van der Waals surface area contributed by atoms with E-state index in [-0.39, 0.29) is 19.2 Å². The number of urea groups is 1. The highest BCUT2D eigenvalue weighted by molar-refractivity contribution is 5.89. The van der Waals surface area contributed by atoms with Crippen LogP contribution in [-0.4, -0.2) is 64.9 Å². The molecule has 2 rings (SSSR count). The number of ether oxygens (including phenoxy) is 1. The Kier molecular flexibility index (Phi) is 5.66. The van der Waals surface area contributed by atoms with Crippen LogP contribution in [0.5, 0.6) is 0 Å². The van der Waals surface area contributed by atoms with Gasteiger partial charge in [-0.1, -0.05) is 18.2 Å². The molecule has 7 nitrogen and oxygen atoms in total. The molecule has 7 heteroatoms. The maximum absolute atomic E-state index is 12.4. The van der Waals surface area contributed by atoms with E-state index in [0.29, 0.717) is 18.8 Å². The lowest BCUT2D eigenvalue weighted by atomic mass is 10.2. The number of benzene rings is 1. The molecule has 1 aliphatic heterocycles. The van der Waals surface area contributed by atoms with Gasteiger partial charge in [-0.3, -0.25) is 0 Å². The SMILES string of the molecule is CC(C)(C)OC(=O)N1CCN(C(=O)Nc2ccccc2)C(CO)C1. The van der Waals surface area contributed by atoms with Gasteiger partial charge in [0.25, 0.3) is 0 Å². The number of hydrogen-bond donors (Lipinski definition) is 2. The summed E-state index contributed by atoms with van der Waals surface area (Å²) in [4.78, 5) is 27.6. The molecule has 3 amide bonds. The first-order valence-corrected chi connectivity index (χ1v) is 8.01. The summed E-state index contributed by atoms with van der Waals surface area (Å²) in [5.41, 5.74) is 0.113. The van der Waals surface area contributed by atoms with Crippen LogP contribution in [0.15, 0.2) is 30.3 Å². The first-order chi connectivity index (χ1) is 11.3. The molecule has 1 aromatic rings. The number of carbonyl (C=O) groups is 2. The van der Waals surface area contributed by atoms with Crippen molar-refractivity contribution in [2.45, 2.75) is 32.4 Å². The second-order valence-corrected chi connectivity index (χ2v) is 6.75. The normalized spacial score (nSPS) is 18.2. The topological polar surface area (TPSA) is 82.1 Å². The second-order valence-electron chi connectivity index (χ2n) is 6.75. The number of amides is 3. The fourth-order valence-electron chi connectivity index (χ4n) is 2.49. The molecule has 24 heavy (non-hydrogen) atoms. The zero-order valence-corrected chi connectivity index (χ0v) is 14.4. The minimum atomic E-state index is -0.576. The summed E-state index contributed by atoms with van der Waals surface area (Å²) >= 11 is 0. The van der Waals surface area contributed by atoms with E-state index < -0.39 is 17.7 Å². The van der Waals surface area contributed by atoms with Crippen molar-refractivity contribution in [3.8, 4) is 0 Å².